The maximum absolute atomic E-state index is 10.7. The summed E-state index contributed by atoms with van der Waals surface area (Å²) in [6.45, 7) is 0.259. The highest BCUT2D eigenvalue weighted by Crippen LogP contribution is 2.18. The summed E-state index contributed by atoms with van der Waals surface area (Å²) in [5.41, 5.74) is 8.18. The first kappa shape index (κ1) is 11.4. The maximum atomic E-state index is 10.7. The van der Waals surface area contributed by atoms with Crippen molar-refractivity contribution in [3.8, 4) is 0 Å². The SMILES string of the molecule is CN(CC(N)C(=O)O)c1ccc2nc[nH]c2c1. The monoisotopic (exact) mass is 234 g/mol. The molecular formula is C11H14N4O2. The smallest absolute Gasteiger partial charge is 0.322 e. The number of benzene rings is 1. The Hall–Kier alpha value is -2.08. The number of hydrogen-bond donors (Lipinski definition) is 3. The van der Waals surface area contributed by atoms with E-state index in [4.69, 9.17) is 10.8 Å². The van der Waals surface area contributed by atoms with E-state index >= 15 is 0 Å². The highest BCUT2D eigenvalue weighted by Gasteiger charge is 2.14. The Bertz CT molecular complexity index is 537. The molecule has 1 heterocycles. The number of nitrogens with one attached hydrogen (secondary N) is 1. The molecule has 2 rings (SSSR count). The molecule has 6 heteroatoms. The molecule has 0 amide bonds. The third kappa shape index (κ3) is 2.36. The topological polar surface area (TPSA) is 95.2 Å². The lowest BCUT2D eigenvalue weighted by Gasteiger charge is -2.21. The van der Waals surface area contributed by atoms with Crippen LogP contribution in [0.2, 0.25) is 0 Å². The highest BCUT2D eigenvalue weighted by molar-refractivity contribution is 5.79. The third-order valence-electron chi connectivity index (χ3n) is 2.63. The Morgan fingerprint density at radius 3 is 3.12 bits per heavy atom. The molecule has 2 aromatic rings. The van der Waals surface area contributed by atoms with Crippen molar-refractivity contribution in [3.63, 3.8) is 0 Å². The average molecular weight is 234 g/mol. The standard InChI is InChI=1S/C11H14N4O2/c1-15(5-8(12)11(16)17)7-2-3-9-10(4-7)14-6-13-9/h2-4,6,8H,5,12H2,1H3,(H,13,14)(H,16,17). The van der Waals surface area contributed by atoms with Crippen molar-refractivity contribution in [1.82, 2.24) is 9.97 Å². The van der Waals surface area contributed by atoms with E-state index in [0.717, 1.165) is 16.7 Å². The van der Waals surface area contributed by atoms with Crippen molar-refractivity contribution in [1.29, 1.82) is 0 Å². The summed E-state index contributed by atoms with van der Waals surface area (Å²) >= 11 is 0. The molecule has 1 unspecified atom stereocenters. The molecule has 0 radical (unpaired) electrons. The molecule has 0 bridgehead atoms. The van der Waals surface area contributed by atoms with E-state index in [1.807, 2.05) is 18.2 Å². The third-order valence-corrected chi connectivity index (χ3v) is 2.63. The van der Waals surface area contributed by atoms with Gasteiger partial charge in [-0.1, -0.05) is 0 Å². The van der Waals surface area contributed by atoms with Crippen molar-refractivity contribution < 1.29 is 9.90 Å². The number of carbonyl (C=O) groups is 1. The molecular weight excluding hydrogens is 220 g/mol. The first-order valence-corrected chi connectivity index (χ1v) is 5.20. The van der Waals surface area contributed by atoms with E-state index in [1.54, 1.807) is 18.3 Å². The molecule has 1 atom stereocenters. The zero-order chi connectivity index (χ0) is 12.4. The van der Waals surface area contributed by atoms with E-state index in [0.29, 0.717) is 0 Å². The molecule has 0 aliphatic carbocycles. The van der Waals surface area contributed by atoms with Gasteiger partial charge in [-0.05, 0) is 18.2 Å². The maximum Gasteiger partial charge on any atom is 0.322 e. The first-order chi connectivity index (χ1) is 8.08. The molecule has 90 valence electrons. The number of aromatic nitrogens is 2. The summed E-state index contributed by atoms with van der Waals surface area (Å²) in [5.74, 6) is -1.00. The number of nitrogens with two attached hydrogens (primary N) is 1. The number of aromatic amines is 1. The minimum atomic E-state index is -1.00. The summed E-state index contributed by atoms with van der Waals surface area (Å²) in [6, 6.07) is 4.79. The van der Waals surface area contributed by atoms with Gasteiger partial charge in [-0.15, -0.1) is 0 Å². The fourth-order valence-corrected chi connectivity index (χ4v) is 1.64. The minimum absolute atomic E-state index is 0.259. The zero-order valence-electron chi connectivity index (χ0n) is 9.42. The zero-order valence-corrected chi connectivity index (χ0v) is 9.42. The number of anilines is 1. The highest BCUT2D eigenvalue weighted by atomic mass is 16.4. The summed E-state index contributed by atoms with van der Waals surface area (Å²) in [6.07, 6.45) is 1.62. The summed E-state index contributed by atoms with van der Waals surface area (Å²) in [4.78, 5) is 19.6. The molecule has 0 aliphatic heterocycles. The van der Waals surface area contributed by atoms with Gasteiger partial charge < -0.3 is 20.7 Å². The molecule has 0 fully saturated rings. The summed E-state index contributed by atoms with van der Waals surface area (Å²) < 4.78 is 0. The van der Waals surface area contributed by atoms with Gasteiger partial charge in [0.1, 0.15) is 6.04 Å². The molecule has 1 aromatic heterocycles. The van der Waals surface area contributed by atoms with Gasteiger partial charge in [-0.25, -0.2) is 4.98 Å². The van der Waals surface area contributed by atoms with Crippen LogP contribution in [0.1, 0.15) is 0 Å². The van der Waals surface area contributed by atoms with Gasteiger partial charge in [-0.3, -0.25) is 4.79 Å². The average Bonchev–Trinajstić information content (AvgIpc) is 2.75. The summed E-state index contributed by atoms with van der Waals surface area (Å²) in [7, 11) is 1.81. The molecule has 0 aliphatic rings. The minimum Gasteiger partial charge on any atom is -0.480 e. The lowest BCUT2D eigenvalue weighted by atomic mass is 10.2. The normalized spacial score (nSPS) is 12.6. The van der Waals surface area contributed by atoms with E-state index in [2.05, 4.69) is 9.97 Å². The number of nitrogens with zero attached hydrogens (tertiary/aromatic N) is 2. The van der Waals surface area contributed by atoms with Gasteiger partial charge in [0, 0.05) is 19.3 Å². The molecule has 0 saturated carbocycles. The van der Waals surface area contributed by atoms with Crippen LogP contribution >= 0.6 is 0 Å². The number of carboxylic acids is 1. The second kappa shape index (κ2) is 4.42. The van der Waals surface area contributed by atoms with E-state index in [9.17, 15) is 4.79 Å². The predicted octanol–water partition coefficient (Wildman–Crippen LogP) is 0.411. The number of H-pyrrole nitrogens is 1. The Kier molecular flexibility index (Phi) is 2.97. The Balaban J connectivity index is 2.18. The van der Waals surface area contributed by atoms with E-state index in [1.165, 1.54) is 0 Å². The van der Waals surface area contributed by atoms with Crippen molar-refractivity contribution in [3.05, 3.63) is 24.5 Å². The fraction of sp³-hybridized carbons (Fsp3) is 0.273. The second-order valence-corrected chi connectivity index (χ2v) is 3.93. The number of likely N-dealkylation sites (N-methyl/N-ethyl adjacent to an activating group) is 1. The van der Waals surface area contributed by atoms with Gasteiger partial charge in [0.2, 0.25) is 0 Å². The van der Waals surface area contributed by atoms with Crippen LogP contribution in [0.3, 0.4) is 0 Å². The Morgan fingerprint density at radius 2 is 2.41 bits per heavy atom. The number of rotatable bonds is 4. The summed E-state index contributed by atoms with van der Waals surface area (Å²) in [5, 5.41) is 8.75. The van der Waals surface area contributed by atoms with Gasteiger partial charge in [0.05, 0.1) is 17.4 Å². The van der Waals surface area contributed by atoms with Crippen LogP contribution in [0.25, 0.3) is 11.0 Å². The number of hydrogen-bond acceptors (Lipinski definition) is 4. The number of aliphatic carboxylic acids is 1. The van der Waals surface area contributed by atoms with Gasteiger partial charge >= 0.3 is 5.97 Å². The van der Waals surface area contributed by atoms with Gasteiger partial charge in [0.25, 0.3) is 0 Å². The molecule has 6 nitrogen and oxygen atoms in total. The van der Waals surface area contributed by atoms with E-state index < -0.39 is 12.0 Å². The second-order valence-electron chi connectivity index (χ2n) is 3.93. The molecule has 17 heavy (non-hydrogen) atoms. The molecule has 0 saturated heterocycles. The van der Waals surface area contributed by atoms with Crippen LogP contribution < -0.4 is 10.6 Å². The Labute approximate surface area is 98.1 Å². The quantitative estimate of drug-likeness (QED) is 0.712. The first-order valence-electron chi connectivity index (χ1n) is 5.20. The van der Waals surface area contributed by atoms with Crippen LogP contribution in [0.15, 0.2) is 24.5 Å². The van der Waals surface area contributed by atoms with Crippen LogP contribution in [0.4, 0.5) is 5.69 Å². The Morgan fingerprint density at radius 1 is 1.65 bits per heavy atom. The molecule has 0 spiro atoms. The van der Waals surface area contributed by atoms with Crippen LogP contribution in [0.5, 0.6) is 0 Å². The van der Waals surface area contributed by atoms with Gasteiger partial charge in [-0.2, -0.15) is 0 Å². The fourth-order valence-electron chi connectivity index (χ4n) is 1.64. The lowest BCUT2D eigenvalue weighted by Crippen LogP contribution is -2.41. The van der Waals surface area contributed by atoms with Gasteiger partial charge in [0.15, 0.2) is 0 Å². The van der Waals surface area contributed by atoms with Crippen LogP contribution in [-0.2, 0) is 4.79 Å². The number of fused-ring (bicyclic) bond motifs is 1. The van der Waals surface area contributed by atoms with Crippen LogP contribution in [0, 0.1) is 0 Å². The van der Waals surface area contributed by atoms with Crippen molar-refractivity contribution in [2.24, 2.45) is 5.73 Å². The van der Waals surface area contributed by atoms with Crippen molar-refractivity contribution in [2.75, 3.05) is 18.5 Å². The van der Waals surface area contributed by atoms with Crippen molar-refractivity contribution >= 4 is 22.7 Å². The van der Waals surface area contributed by atoms with Crippen molar-refractivity contribution in [2.45, 2.75) is 6.04 Å². The lowest BCUT2D eigenvalue weighted by molar-refractivity contribution is -0.138. The van der Waals surface area contributed by atoms with E-state index in [-0.39, 0.29) is 6.54 Å². The predicted molar refractivity (Wildman–Crippen MR) is 65.0 cm³/mol. The number of imidazole rings is 1. The van der Waals surface area contributed by atoms with Crippen LogP contribution in [-0.4, -0.2) is 40.7 Å². The number of carboxylic acid groups (broad SMARTS) is 1. The molecule has 1 aromatic carbocycles. The largest absolute Gasteiger partial charge is 0.480 e. The molecule has 4 N–H and O–H groups in total.